The van der Waals surface area contributed by atoms with Gasteiger partial charge in [-0.3, -0.25) is 4.79 Å². The van der Waals surface area contributed by atoms with E-state index in [-0.39, 0.29) is 0 Å². The van der Waals surface area contributed by atoms with E-state index in [0.717, 1.165) is 23.1 Å². The smallest absolute Gasteiger partial charge is 0.184 e. The molecule has 0 saturated carbocycles. The van der Waals surface area contributed by atoms with Crippen molar-refractivity contribution in [2.45, 2.75) is 6.92 Å². The quantitative estimate of drug-likeness (QED) is 0.464. The first-order chi connectivity index (χ1) is 9.24. The number of aryl methyl sites for hydroxylation is 1. The van der Waals surface area contributed by atoms with Crippen LogP contribution >= 0.6 is 0 Å². The van der Waals surface area contributed by atoms with Gasteiger partial charge in [-0.15, -0.1) is 0 Å². The zero-order chi connectivity index (χ0) is 13.7. The van der Waals surface area contributed by atoms with Crippen LogP contribution in [-0.2, 0) is 4.79 Å². The lowest BCUT2D eigenvalue weighted by Crippen LogP contribution is -2.28. The van der Waals surface area contributed by atoms with Crippen molar-refractivity contribution >= 4 is 24.1 Å². The van der Waals surface area contributed by atoms with Crippen LogP contribution in [0.15, 0.2) is 55.2 Å². The van der Waals surface area contributed by atoms with Crippen LogP contribution in [0.5, 0.6) is 0 Å². The Morgan fingerprint density at radius 3 is 2.53 bits per heavy atom. The fourth-order valence-electron chi connectivity index (χ4n) is 1.92. The number of aldehydes is 1. The van der Waals surface area contributed by atoms with Gasteiger partial charge >= 0.3 is 0 Å². The molecule has 2 nitrogen and oxygen atoms in total. The van der Waals surface area contributed by atoms with Gasteiger partial charge in [0.15, 0.2) is 24.4 Å². The van der Waals surface area contributed by atoms with Gasteiger partial charge in [-0.2, -0.15) is 4.57 Å². The van der Waals surface area contributed by atoms with E-state index in [0.29, 0.717) is 5.57 Å². The fourth-order valence-corrected chi connectivity index (χ4v) is 1.92. The molecular formula is C17H16NO+. The molecule has 94 valence electrons. The number of hydrogen-bond donors (Lipinski definition) is 0. The van der Waals surface area contributed by atoms with Crippen LogP contribution in [-0.4, -0.2) is 6.29 Å². The van der Waals surface area contributed by atoms with Crippen molar-refractivity contribution in [2.24, 2.45) is 0 Å². The van der Waals surface area contributed by atoms with E-state index in [1.54, 1.807) is 6.20 Å². The second kappa shape index (κ2) is 5.91. The third-order valence-electron chi connectivity index (χ3n) is 2.97. The summed E-state index contributed by atoms with van der Waals surface area (Å²) < 4.78 is 1.91. The monoisotopic (exact) mass is 250 g/mol. The zero-order valence-electron chi connectivity index (χ0n) is 10.9. The first-order valence-corrected chi connectivity index (χ1v) is 6.11. The van der Waals surface area contributed by atoms with Crippen molar-refractivity contribution in [1.82, 2.24) is 0 Å². The van der Waals surface area contributed by atoms with Gasteiger partial charge < -0.3 is 0 Å². The van der Waals surface area contributed by atoms with Crippen molar-refractivity contribution < 1.29 is 9.36 Å². The summed E-state index contributed by atoms with van der Waals surface area (Å²) in [5, 5.41) is 0. The minimum atomic E-state index is 0.672. The van der Waals surface area contributed by atoms with E-state index in [2.05, 4.69) is 6.58 Å². The average molecular weight is 250 g/mol. The highest BCUT2D eigenvalue weighted by Crippen LogP contribution is 2.16. The molecule has 0 N–H and O–H groups in total. The molecule has 0 aliphatic heterocycles. The topological polar surface area (TPSA) is 20.9 Å². The second-order valence-corrected chi connectivity index (χ2v) is 4.27. The van der Waals surface area contributed by atoms with E-state index >= 15 is 0 Å². The van der Waals surface area contributed by atoms with Gasteiger partial charge in [-0.25, -0.2) is 0 Å². The number of hydrogen-bond acceptors (Lipinski definition) is 1. The molecule has 19 heavy (non-hydrogen) atoms. The highest BCUT2D eigenvalue weighted by Gasteiger charge is 2.07. The summed E-state index contributed by atoms with van der Waals surface area (Å²) in [5.41, 5.74) is 3.64. The van der Waals surface area contributed by atoms with Crippen LogP contribution in [0, 0.1) is 6.92 Å². The summed E-state index contributed by atoms with van der Waals surface area (Å²) in [4.78, 5) is 11.3. The van der Waals surface area contributed by atoms with Crippen molar-refractivity contribution in [3.8, 4) is 0 Å². The molecule has 2 rings (SSSR count). The molecule has 2 aromatic rings. The number of rotatable bonds is 4. The SMILES string of the molecule is C=C[n+]1ccc(C(C=O)=Cc2ccccc2)cc1C. The van der Waals surface area contributed by atoms with E-state index in [9.17, 15) is 4.79 Å². The molecule has 0 fully saturated rings. The van der Waals surface area contributed by atoms with Gasteiger partial charge in [0.1, 0.15) is 0 Å². The van der Waals surface area contributed by atoms with Gasteiger partial charge in [0.05, 0.1) is 0 Å². The minimum Gasteiger partial charge on any atom is -0.298 e. The van der Waals surface area contributed by atoms with Crippen LogP contribution < -0.4 is 4.57 Å². The van der Waals surface area contributed by atoms with Gasteiger partial charge in [0, 0.05) is 24.6 Å². The largest absolute Gasteiger partial charge is 0.298 e. The van der Waals surface area contributed by atoms with Gasteiger partial charge in [0.2, 0.25) is 0 Å². The summed E-state index contributed by atoms with van der Waals surface area (Å²) >= 11 is 0. The molecule has 0 aliphatic carbocycles. The van der Waals surface area contributed by atoms with E-state index < -0.39 is 0 Å². The maximum absolute atomic E-state index is 11.3. The van der Waals surface area contributed by atoms with Crippen molar-refractivity contribution in [1.29, 1.82) is 0 Å². The average Bonchev–Trinajstić information content (AvgIpc) is 2.46. The van der Waals surface area contributed by atoms with Crippen LogP contribution in [0.1, 0.15) is 16.8 Å². The first kappa shape index (κ1) is 13.0. The van der Waals surface area contributed by atoms with Crippen LogP contribution in [0.2, 0.25) is 0 Å². The highest BCUT2D eigenvalue weighted by atomic mass is 16.1. The summed E-state index contributed by atoms with van der Waals surface area (Å²) in [6, 6.07) is 13.7. The molecule has 0 radical (unpaired) electrons. The molecule has 0 unspecified atom stereocenters. The Morgan fingerprint density at radius 1 is 1.21 bits per heavy atom. The molecule has 1 aromatic heterocycles. The van der Waals surface area contributed by atoms with E-state index in [1.807, 2.05) is 66.2 Å². The predicted octanol–water partition coefficient (Wildman–Crippen LogP) is 3.12. The molecule has 1 aromatic carbocycles. The maximum Gasteiger partial charge on any atom is 0.184 e. The molecule has 1 heterocycles. The number of carbonyl (C=O) groups is 1. The van der Waals surface area contributed by atoms with Gasteiger partial charge in [0.25, 0.3) is 0 Å². The Balaban J connectivity index is 2.43. The van der Waals surface area contributed by atoms with Crippen LogP contribution in [0.4, 0.5) is 0 Å². The number of pyridine rings is 1. The Morgan fingerprint density at radius 2 is 1.95 bits per heavy atom. The summed E-state index contributed by atoms with van der Waals surface area (Å²) in [6.07, 6.45) is 6.42. The zero-order valence-corrected chi connectivity index (χ0v) is 10.9. The number of aromatic nitrogens is 1. The van der Waals surface area contributed by atoms with E-state index in [1.165, 1.54) is 0 Å². The number of allylic oxidation sites excluding steroid dienone is 1. The molecule has 0 amide bonds. The molecule has 2 heteroatoms. The fraction of sp³-hybridized carbons (Fsp3) is 0.0588. The third-order valence-corrected chi connectivity index (χ3v) is 2.97. The Bertz CT molecular complexity index is 627. The Kier molecular flexibility index (Phi) is 4.04. The molecule has 0 bridgehead atoms. The number of carbonyl (C=O) groups excluding carboxylic acids is 1. The summed E-state index contributed by atoms with van der Waals surface area (Å²) in [7, 11) is 0. The molecule has 0 saturated heterocycles. The Hall–Kier alpha value is -2.48. The summed E-state index contributed by atoms with van der Waals surface area (Å²) in [6.45, 7) is 5.72. The highest BCUT2D eigenvalue weighted by molar-refractivity contribution is 6.13. The lowest BCUT2D eigenvalue weighted by atomic mass is 10.0. The van der Waals surface area contributed by atoms with Crippen molar-refractivity contribution in [3.63, 3.8) is 0 Å². The molecule has 0 atom stereocenters. The summed E-state index contributed by atoms with van der Waals surface area (Å²) in [5.74, 6) is 0. The first-order valence-electron chi connectivity index (χ1n) is 6.11. The Labute approximate surface area is 113 Å². The second-order valence-electron chi connectivity index (χ2n) is 4.27. The van der Waals surface area contributed by atoms with Crippen LogP contribution in [0.25, 0.3) is 17.8 Å². The lowest BCUT2D eigenvalue weighted by Gasteiger charge is -2.01. The van der Waals surface area contributed by atoms with Crippen molar-refractivity contribution in [2.75, 3.05) is 0 Å². The molecule has 0 aliphatic rings. The van der Waals surface area contributed by atoms with E-state index in [4.69, 9.17) is 0 Å². The number of nitrogens with zero attached hydrogens (tertiary/aromatic N) is 1. The normalized spacial score (nSPS) is 11.1. The van der Waals surface area contributed by atoms with Gasteiger partial charge in [-0.05, 0) is 23.8 Å². The molecule has 0 spiro atoms. The standard InChI is InChI=1S/C17H16NO/c1-3-18-10-9-16(11-14(18)2)17(13-19)12-15-7-5-4-6-8-15/h3-13H,1H2,2H3/q+1. The number of benzene rings is 1. The lowest BCUT2D eigenvalue weighted by molar-refractivity contribution is -0.575. The molecular weight excluding hydrogens is 234 g/mol. The maximum atomic E-state index is 11.3. The predicted molar refractivity (Wildman–Crippen MR) is 78.1 cm³/mol. The van der Waals surface area contributed by atoms with Crippen LogP contribution in [0.3, 0.4) is 0 Å². The minimum absolute atomic E-state index is 0.672. The third kappa shape index (κ3) is 3.05. The van der Waals surface area contributed by atoms with Gasteiger partial charge in [-0.1, -0.05) is 30.3 Å². The van der Waals surface area contributed by atoms with Crippen molar-refractivity contribution in [3.05, 3.63) is 72.1 Å².